The third-order valence-corrected chi connectivity index (χ3v) is 6.07. The van der Waals surface area contributed by atoms with Gasteiger partial charge in [-0.05, 0) is 25.0 Å². The Bertz CT molecular complexity index is 553. The molecule has 0 aromatic carbocycles. The zero-order valence-corrected chi connectivity index (χ0v) is 11.3. The van der Waals surface area contributed by atoms with Crippen LogP contribution in [0.25, 0.3) is 0 Å². The Kier molecular flexibility index (Phi) is 3.46. The third kappa shape index (κ3) is 2.63. The Labute approximate surface area is 109 Å². The summed E-state index contributed by atoms with van der Waals surface area (Å²) < 4.78 is 27.2. The second-order valence-corrected chi connectivity index (χ2v) is 7.69. The highest BCUT2D eigenvalue weighted by atomic mass is 35.5. The highest BCUT2D eigenvalue weighted by Crippen LogP contribution is 2.32. The van der Waals surface area contributed by atoms with E-state index in [4.69, 9.17) is 16.9 Å². The molecule has 0 amide bonds. The number of nitriles is 1. The van der Waals surface area contributed by atoms with Gasteiger partial charge in [-0.2, -0.15) is 9.98 Å². The van der Waals surface area contributed by atoms with Crippen LogP contribution in [0.5, 0.6) is 0 Å². The van der Waals surface area contributed by atoms with Gasteiger partial charge in [0.05, 0.1) is 10.4 Å². The van der Waals surface area contributed by atoms with E-state index in [2.05, 4.69) is 10.8 Å². The first-order valence-electron chi connectivity index (χ1n) is 5.18. The van der Waals surface area contributed by atoms with E-state index in [1.54, 1.807) is 0 Å². The Morgan fingerprint density at radius 3 is 2.53 bits per heavy atom. The maximum atomic E-state index is 12.1. The van der Waals surface area contributed by atoms with Crippen molar-refractivity contribution >= 4 is 33.0 Å². The molecule has 0 unspecified atom stereocenters. The quantitative estimate of drug-likeness (QED) is 0.930. The summed E-state index contributed by atoms with van der Waals surface area (Å²) in [6, 6.07) is 5.08. The highest BCUT2D eigenvalue weighted by Gasteiger charge is 2.38. The van der Waals surface area contributed by atoms with E-state index in [1.165, 1.54) is 12.1 Å². The minimum absolute atomic E-state index is 0.157. The first-order chi connectivity index (χ1) is 7.97. The van der Waals surface area contributed by atoms with Crippen molar-refractivity contribution in [2.45, 2.75) is 35.4 Å². The molecule has 92 valence electrons. The van der Waals surface area contributed by atoms with Crippen LogP contribution < -0.4 is 4.72 Å². The predicted octanol–water partition coefficient (Wildman–Crippen LogP) is 2.52. The third-order valence-electron chi connectivity index (χ3n) is 2.81. The number of sulfonamides is 1. The number of rotatable bonds is 3. The lowest BCUT2D eigenvalue weighted by Gasteiger charge is -2.20. The molecule has 1 aliphatic carbocycles. The van der Waals surface area contributed by atoms with Gasteiger partial charge in [-0.3, -0.25) is 0 Å². The van der Waals surface area contributed by atoms with Crippen LogP contribution in [0, 0.1) is 11.3 Å². The van der Waals surface area contributed by atoms with Crippen LogP contribution in [0.4, 0.5) is 0 Å². The molecule has 1 N–H and O–H groups in total. The fourth-order valence-electron chi connectivity index (χ4n) is 1.96. The molecule has 1 aliphatic rings. The molecule has 0 spiro atoms. The van der Waals surface area contributed by atoms with Crippen molar-refractivity contribution in [1.82, 2.24) is 4.72 Å². The van der Waals surface area contributed by atoms with E-state index in [1.807, 2.05) is 0 Å². The number of hydrogen-bond donors (Lipinski definition) is 1. The average molecular weight is 291 g/mol. The summed E-state index contributed by atoms with van der Waals surface area (Å²) in [5.74, 6) is 0. The zero-order chi connectivity index (χ0) is 12.5. The number of nitrogens with zero attached hydrogens (tertiary/aromatic N) is 1. The summed E-state index contributed by atoms with van der Waals surface area (Å²) in [6.45, 7) is 0. The molecule has 0 bridgehead atoms. The minimum Gasteiger partial charge on any atom is -0.206 e. The number of nitrogens with one attached hydrogen (secondary N) is 1. The summed E-state index contributed by atoms with van der Waals surface area (Å²) >= 11 is 6.71. The van der Waals surface area contributed by atoms with Crippen LogP contribution >= 0.6 is 22.9 Å². The molecular formula is C10H11ClN2O2S2. The summed E-state index contributed by atoms with van der Waals surface area (Å²) in [5, 5.41) is 9.13. The molecule has 0 atom stereocenters. The summed E-state index contributed by atoms with van der Waals surface area (Å²) in [4.78, 5) is 0. The molecule has 17 heavy (non-hydrogen) atoms. The number of hydrogen-bond acceptors (Lipinski definition) is 4. The highest BCUT2D eigenvalue weighted by molar-refractivity contribution is 7.91. The molecule has 0 aliphatic heterocycles. The van der Waals surface area contributed by atoms with E-state index in [-0.39, 0.29) is 4.21 Å². The van der Waals surface area contributed by atoms with Gasteiger partial charge < -0.3 is 0 Å². The molecule has 1 aromatic heterocycles. The number of thiophene rings is 1. The van der Waals surface area contributed by atoms with Crippen molar-refractivity contribution in [3.8, 4) is 6.07 Å². The van der Waals surface area contributed by atoms with E-state index in [0.717, 1.165) is 24.2 Å². The molecule has 4 nitrogen and oxygen atoms in total. The van der Waals surface area contributed by atoms with Crippen LogP contribution in [0.15, 0.2) is 16.3 Å². The fourth-order valence-corrected chi connectivity index (χ4v) is 4.82. The summed E-state index contributed by atoms with van der Waals surface area (Å²) in [5.41, 5.74) is -0.935. The smallest absolute Gasteiger partial charge is 0.206 e. The monoisotopic (exact) mass is 290 g/mol. The number of halogens is 1. The molecule has 0 radical (unpaired) electrons. The summed E-state index contributed by atoms with van der Waals surface area (Å²) in [6.07, 6.45) is 2.90. The molecule has 0 saturated heterocycles. The van der Waals surface area contributed by atoms with Gasteiger partial charge in [0, 0.05) is 0 Å². The van der Waals surface area contributed by atoms with Gasteiger partial charge in [0.15, 0.2) is 0 Å². The standard InChI is InChI=1S/C10H11ClN2O2S2/c11-8-3-4-9(16-8)17(14,15)13-10(7-12)5-1-2-6-10/h3-4,13H,1-2,5-6H2. The van der Waals surface area contributed by atoms with Gasteiger partial charge in [-0.1, -0.05) is 24.4 Å². The topological polar surface area (TPSA) is 70.0 Å². The maximum Gasteiger partial charge on any atom is 0.251 e. The average Bonchev–Trinajstić information content (AvgIpc) is 2.87. The largest absolute Gasteiger partial charge is 0.251 e. The van der Waals surface area contributed by atoms with Gasteiger partial charge in [0.1, 0.15) is 9.75 Å². The van der Waals surface area contributed by atoms with Gasteiger partial charge in [0.2, 0.25) is 0 Å². The van der Waals surface area contributed by atoms with E-state index in [0.29, 0.717) is 17.2 Å². The molecule has 1 heterocycles. The predicted molar refractivity (Wildman–Crippen MR) is 66.5 cm³/mol. The first kappa shape index (κ1) is 12.8. The minimum atomic E-state index is -3.63. The zero-order valence-electron chi connectivity index (χ0n) is 8.94. The van der Waals surface area contributed by atoms with Crippen LogP contribution in [0.3, 0.4) is 0 Å². The second-order valence-electron chi connectivity index (χ2n) is 4.07. The lowest BCUT2D eigenvalue weighted by molar-refractivity contribution is 0.486. The Balaban J connectivity index is 2.26. The Morgan fingerprint density at radius 2 is 2.06 bits per heavy atom. The van der Waals surface area contributed by atoms with Crippen LogP contribution in [-0.2, 0) is 10.0 Å². The van der Waals surface area contributed by atoms with Crippen molar-refractivity contribution in [3.05, 3.63) is 16.5 Å². The van der Waals surface area contributed by atoms with Crippen LogP contribution in [-0.4, -0.2) is 14.0 Å². The Morgan fingerprint density at radius 1 is 1.41 bits per heavy atom. The molecule has 1 aromatic rings. The summed E-state index contributed by atoms with van der Waals surface area (Å²) in [7, 11) is -3.63. The van der Waals surface area contributed by atoms with Gasteiger partial charge in [-0.15, -0.1) is 11.3 Å². The van der Waals surface area contributed by atoms with Crippen molar-refractivity contribution in [2.24, 2.45) is 0 Å². The van der Waals surface area contributed by atoms with Gasteiger partial charge in [0.25, 0.3) is 10.0 Å². The fraction of sp³-hybridized carbons (Fsp3) is 0.500. The van der Waals surface area contributed by atoms with E-state index >= 15 is 0 Å². The van der Waals surface area contributed by atoms with Crippen molar-refractivity contribution in [3.63, 3.8) is 0 Å². The molecule has 1 saturated carbocycles. The van der Waals surface area contributed by atoms with E-state index < -0.39 is 15.6 Å². The maximum absolute atomic E-state index is 12.1. The first-order valence-corrected chi connectivity index (χ1v) is 7.86. The van der Waals surface area contributed by atoms with Crippen LogP contribution in [0.2, 0.25) is 4.34 Å². The normalized spacial score (nSPS) is 19.1. The molecule has 7 heteroatoms. The Hall–Kier alpha value is -0.610. The SMILES string of the molecule is N#CC1(NS(=O)(=O)c2ccc(Cl)s2)CCCC1. The van der Waals surface area contributed by atoms with Crippen molar-refractivity contribution in [2.75, 3.05) is 0 Å². The van der Waals surface area contributed by atoms with Gasteiger partial charge in [-0.25, -0.2) is 8.42 Å². The van der Waals surface area contributed by atoms with Gasteiger partial charge >= 0.3 is 0 Å². The van der Waals surface area contributed by atoms with Crippen LogP contribution in [0.1, 0.15) is 25.7 Å². The lowest BCUT2D eigenvalue weighted by Crippen LogP contribution is -2.44. The van der Waals surface area contributed by atoms with E-state index in [9.17, 15) is 8.42 Å². The van der Waals surface area contributed by atoms with Crippen molar-refractivity contribution in [1.29, 1.82) is 5.26 Å². The molecule has 1 fully saturated rings. The second kappa shape index (κ2) is 4.58. The lowest BCUT2D eigenvalue weighted by atomic mass is 10.0. The molecular weight excluding hydrogens is 280 g/mol. The molecule has 2 rings (SSSR count). The van der Waals surface area contributed by atoms with Crippen molar-refractivity contribution < 1.29 is 8.42 Å².